The molecule has 3 nitrogen and oxygen atoms in total. The molecule has 0 aliphatic carbocycles. The molecule has 1 N–H and O–H groups in total. The number of alkyl halides is 3. The van der Waals surface area contributed by atoms with E-state index in [0.29, 0.717) is 11.1 Å². The number of carbonyl (C=O) groups excluding carboxylic acids is 1. The number of rotatable bonds is 4. The highest BCUT2D eigenvalue weighted by atomic mass is 19.4. The Bertz CT molecular complexity index is 696. The number of Topliss-reactive ketones (excluding diaryl/α,β-unsaturated/α-hetero) is 1. The fourth-order valence-corrected chi connectivity index (χ4v) is 2.17. The molecule has 0 saturated carbocycles. The van der Waals surface area contributed by atoms with Gasteiger partial charge in [0.1, 0.15) is 11.5 Å². The first kappa shape index (κ1) is 16.0. The van der Waals surface area contributed by atoms with Gasteiger partial charge in [-0.05, 0) is 36.8 Å². The molecule has 116 valence electrons. The molecule has 1 aromatic carbocycles. The minimum atomic E-state index is -4.44. The van der Waals surface area contributed by atoms with Gasteiger partial charge in [-0.2, -0.15) is 13.2 Å². The number of carbonyl (C=O) groups is 1. The summed E-state index contributed by atoms with van der Waals surface area (Å²) in [7, 11) is 0. The lowest BCUT2D eigenvalue weighted by molar-refractivity contribution is -0.137. The smallest absolute Gasteiger partial charge is 0.416 e. The highest BCUT2D eigenvalue weighted by molar-refractivity contribution is 5.83. The lowest BCUT2D eigenvalue weighted by Crippen LogP contribution is -2.10. The molecule has 0 unspecified atom stereocenters. The third-order valence-electron chi connectivity index (χ3n) is 3.10. The standard InChI is InChI=1S/C16H14F3NO2/c1-10-5-11(7-12(6-10)16(17,18)19)8-13(21)9-14-15(22)3-2-4-20-14/h2-7,22H,8-9H2,1H3. The van der Waals surface area contributed by atoms with Crippen molar-refractivity contribution in [1.29, 1.82) is 0 Å². The molecule has 0 saturated heterocycles. The zero-order valence-corrected chi connectivity index (χ0v) is 11.8. The Morgan fingerprint density at radius 2 is 1.95 bits per heavy atom. The van der Waals surface area contributed by atoms with E-state index in [-0.39, 0.29) is 30.1 Å². The second kappa shape index (κ2) is 6.17. The Morgan fingerprint density at radius 3 is 2.59 bits per heavy atom. The summed E-state index contributed by atoms with van der Waals surface area (Å²) in [5.74, 6) is -0.413. The lowest BCUT2D eigenvalue weighted by atomic mass is 10.0. The van der Waals surface area contributed by atoms with E-state index in [4.69, 9.17) is 0 Å². The topological polar surface area (TPSA) is 50.2 Å². The van der Waals surface area contributed by atoms with E-state index in [0.717, 1.165) is 12.1 Å². The number of aryl methyl sites for hydroxylation is 1. The second-order valence-electron chi connectivity index (χ2n) is 5.07. The number of aromatic hydroxyl groups is 1. The maximum absolute atomic E-state index is 12.8. The van der Waals surface area contributed by atoms with E-state index in [1.807, 2.05) is 0 Å². The molecule has 0 radical (unpaired) electrons. The minimum Gasteiger partial charge on any atom is -0.506 e. The fourth-order valence-electron chi connectivity index (χ4n) is 2.17. The summed E-state index contributed by atoms with van der Waals surface area (Å²) in [5, 5.41) is 9.56. The number of pyridine rings is 1. The van der Waals surface area contributed by atoms with Gasteiger partial charge in [-0.1, -0.05) is 11.6 Å². The molecule has 6 heteroatoms. The monoisotopic (exact) mass is 309 g/mol. The van der Waals surface area contributed by atoms with Gasteiger partial charge < -0.3 is 5.11 Å². The van der Waals surface area contributed by atoms with Crippen LogP contribution in [0.15, 0.2) is 36.5 Å². The average Bonchev–Trinajstić information content (AvgIpc) is 2.39. The van der Waals surface area contributed by atoms with Crippen LogP contribution in [0.25, 0.3) is 0 Å². The van der Waals surface area contributed by atoms with Crippen molar-refractivity contribution in [3.63, 3.8) is 0 Å². The Kier molecular flexibility index (Phi) is 4.49. The summed E-state index contributed by atoms with van der Waals surface area (Å²) < 4.78 is 38.3. The van der Waals surface area contributed by atoms with Gasteiger partial charge in [-0.3, -0.25) is 9.78 Å². The van der Waals surface area contributed by atoms with Gasteiger partial charge in [-0.25, -0.2) is 0 Å². The molecule has 1 aromatic heterocycles. The van der Waals surface area contributed by atoms with E-state index in [9.17, 15) is 23.1 Å². The molecule has 0 bridgehead atoms. The number of halogens is 3. The lowest BCUT2D eigenvalue weighted by Gasteiger charge is -2.10. The Labute approximate surface area is 125 Å². The van der Waals surface area contributed by atoms with Gasteiger partial charge in [0, 0.05) is 12.6 Å². The van der Waals surface area contributed by atoms with Crippen LogP contribution in [-0.2, 0) is 23.8 Å². The number of ketones is 1. The highest BCUT2D eigenvalue weighted by Crippen LogP contribution is 2.30. The predicted molar refractivity (Wildman–Crippen MR) is 74.5 cm³/mol. The molecule has 0 aliphatic rings. The number of aromatic nitrogens is 1. The van der Waals surface area contributed by atoms with Crippen molar-refractivity contribution in [1.82, 2.24) is 4.98 Å². The van der Waals surface area contributed by atoms with Crippen molar-refractivity contribution in [3.05, 3.63) is 58.9 Å². The molecular formula is C16H14F3NO2. The van der Waals surface area contributed by atoms with E-state index in [2.05, 4.69) is 4.98 Å². The summed E-state index contributed by atoms with van der Waals surface area (Å²) in [4.78, 5) is 15.9. The normalized spacial score (nSPS) is 11.5. The van der Waals surface area contributed by atoms with E-state index in [1.165, 1.54) is 18.3 Å². The molecule has 2 rings (SSSR count). The van der Waals surface area contributed by atoms with E-state index >= 15 is 0 Å². The third kappa shape index (κ3) is 4.07. The van der Waals surface area contributed by atoms with Crippen molar-refractivity contribution >= 4 is 5.78 Å². The summed E-state index contributed by atoms with van der Waals surface area (Å²) >= 11 is 0. The van der Waals surface area contributed by atoms with Crippen LogP contribution in [0.3, 0.4) is 0 Å². The Hall–Kier alpha value is -2.37. The quantitative estimate of drug-likeness (QED) is 0.941. The molecule has 0 fully saturated rings. The van der Waals surface area contributed by atoms with Crippen LogP contribution in [0, 0.1) is 6.92 Å². The first-order valence-corrected chi connectivity index (χ1v) is 6.58. The van der Waals surface area contributed by atoms with Crippen LogP contribution in [0.5, 0.6) is 5.75 Å². The van der Waals surface area contributed by atoms with Crippen LogP contribution in [0.1, 0.15) is 22.4 Å². The van der Waals surface area contributed by atoms with E-state index < -0.39 is 11.7 Å². The fraction of sp³-hybridized carbons (Fsp3) is 0.250. The predicted octanol–water partition coefficient (Wildman–Crippen LogP) is 3.47. The zero-order chi connectivity index (χ0) is 16.3. The summed E-state index contributed by atoms with van der Waals surface area (Å²) in [6, 6.07) is 6.50. The van der Waals surface area contributed by atoms with Gasteiger partial charge in [0.2, 0.25) is 0 Å². The van der Waals surface area contributed by atoms with Crippen molar-refractivity contribution in [2.75, 3.05) is 0 Å². The van der Waals surface area contributed by atoms with Crippen LogP contribution in [0.4, 0.5) is 13.2 Å². The Morgan fingerprint density at radius 1 is 1.23 bits per heavy atom. The van der Waals surface area contributed by atoms with Gasteiger partial charge in [0.05, 0.1) is 17.7 Å². The molecule has 0 amide bonds. The molecular weight excluding hydrogens is 295 g/mol. The van der Waals surface area contributed by atoms with Crippen molar-refractivity contribution in [2.45, 2.75) is 25.9 Å². The summed E-state index contributed by atoms with van der Waals surface area (Å²) in [6.07, 6.45) is -3.26. The zero-order valence-electron chi connectivity index (χ0n) is 11.8. The third-order valence-corrected chi connectivity index (χ3v) is 3.10. The highest BCUT2D eigenvalue weighted by Gasteiger charge is 2.31. The SMILES string of the molecule is Cc1cc(CC(=O)Cc2ncccc2O)cc(C(F)(F)F)c1. The van der Waals surface area contributed by atoms with Gasteiger partial charge in [0.15, 0.2) is 0 Å². The summed E-state index contributed by atoms with van der Waals surface area (Å²) in [5.41, 5.74) is 0.193. The number of nitrogens with zero attached hydrogens (tertiary/aromatic N) is 1. The molecule has 1 heterocycles. The number of benzene rings is 1. The Balaban J connectivity index is 2.15. The van der Waals surface area contributed by atoms with Crippen LogP contribution < -0.4 is 0 Å². The molecule has 0 aliphatic heterocycles. The largest absolute Gasteiger partial charge is 0.506 e. The maximum atomic E-state index is 12.8. The molecule has 2 aromatic rings. The van der Waals surface area contributed by atoms with E-state index in [1.54, 1.807) is 13.0 Å². The van der Waals surface area contributed by atoms with Crippen molar-refractivity contribution in [2.24, 2.45) is 0 Å². The molecule has 22 heavy (non-hydrogen) atoms. The van der Waals surface area contributed by atoms with Gasteiger partial charge >= 0.3 is 6.18 Å². The van der Waals surface area contributed by atoms with Crippen LogP contribution in [0.2, 0.25) is 0 Å². The van der Waals surface area contributed by atoms with Crippen LogP contribution in [-0.4, -0.2) is 15.9 Å². The maximum Gasteiger partial charge on any atom is 0.416 e. The van der Waals surface area contributed by atoms with Crippen molar-refractivity contribution in [3.8, 4) is 5.75 Å². The minimum absolute atomic E-state index is 0.101. The average molecular weight is 309 g/mol. The summed E-state index contributed by atoms with van der Waals surface area (Å²) in [6.45, 7) is 1.55. The van der Waals surface area contributed by atoms with Gasteiger partial charge in [0.25, 0.3) is 0 Å². The first-order chi connectivity index (χ1) is 10.3. The number of hydrogen-bond donors (Lipinski definition) is 1. The molecule has 0 spiro atoms. The second-order valence-corrected chi connectivity index (χ2v) is 5.07. The van der Waals surface area contributed by atoms with Gasteiger partial charge in [-0.15, -0.1) is 0 Å². The molecule has 0 atom stereocenters. The van der Waals surface area contributed by atoms with Crippen molar-refractivity contribution < 1.29 is 23.1 Å². The first-order valence-electron chi connectivity index (χ1n) is 6.58. The van der Waals surface area contributed by atoms with Crippen LogP contribution >= 0.6 is 0 Å². The number of hydrogen-bond acceptors (Lipinski definition) is 3.